The molecule has 0 atom stereocenters. The summed E-state index contributed by atoms with van der Waals surface area (Å²) in [5, 5.41) is 7.56. The average molecular weight is 167 g/mol. The molecule has 0 bridgehead atoms. The number of nitrogens with one attached hydrogen (secondary N) is 1. The molecule has 2 nitrogen and oxygen atoms in total. The van der Waals surface area contributed by atoms with E-state index in [1.54, 1.807) is 0 Å². The number of rotatable bonds is 2. The van der Waals surface area contributed by atoms with Crippen molar-refractivity contribution in [1.29, 1.82) is 5.41 Å². The molecular weight excluding hydrogens is 150 g/mol. The van der Waals surface area contributed by atoms with E-state index in [2.05, 4.69) is 13.8 Å². The number of carbonyl (C=O) groups excluding carboxylic acids is 1. The first-order valence-electron chi connectivity index (χ1n) is 4.70. The SMILES string of the molecule is CCC1(CC)CC(=N)CC(=O)C1. The van der Waals surface area contributed by atoms with E-state index in [0.717, 1.165) is 19.3 Å². The molecule has 0 aromatic carbocycles. The van der Waals surface area contributed by atoms with Gasteiger partial charge in [-0.3, -0.25) is 4.79 Å². The van der Waals surface area contributed by atoms with Gasteiger partial charge < -0.3 is 5.41 Å². The van der Waals surface area contributed by atoms with Crippen LogP contribution in [0.15, 0.2) is 0 Å². The van der Waals surface area contributed by atoms with Crippen LogP contribution in [0.2, 0.25) is 0 Å². The number of carbonyl (C=O) groups is 1. The largest absolute Gasteiger partial charge is 0.309 e. The Morgan fingerprint density at radius 2 is 1.92 bits per heavy atom. The highest BCUT2D eigenvalue weighted by atomic mass is 16.1. The van der Waals surface area contributed by atoms with E-state index < -0.39 is 0 Å². The molecule has 0 spiro atoms. The third-order valence-electron chi connectivity index (χ3n) is 3.07. The lowest BCUT2D eigenvalue weighted by Crippen LogP contribution is -2.32. The van der Waals surface area contributed by atoms with Gasteiger partial charge in [0.1, 0.15) is 5.78 Å². The van der Waals surface area contributed by atoms with Gasteiger partial charge in [0.15, 0.2) is 0 Å². The smallest absolute Gasteiger partial charge is 0.139 e. The molecule has 1 saturated carbocycles. The van der Waals surface area contributed by atoms with Gasteiger partial charge in [-0.25, -0.2) is 0 Å². The first kappa shape index (κ1) is 9.43. The maximum atomic E-state index is 11.3. The summed E-state index contributed by atoms with van der Waals surface area (Å²) in [6.45, 7) is 4.24. The minimum absolute atomic E-state index is 0.131. The Kier molecular flexibility index (Phi) is 2.65. The summed E-state index contributed by atoms with van der Waals surface area (Å²) in [6.07, 6.45) is 3.99. The normalized spacial score (nSPS) is 22.8. The molecule has 0 heterocycles. The summed E-state index contributed by atoms with van der Waals surface area (Å²) in [7, 11) is 0. The Balaban J connectivity index is 2.76. The number of ketones is 1. The Morgan fingerprint density at radius 1 is 1.33 bits per heavy atom. The van der Waals surface area contributed by atoms with Gasteiger partial charge in [-0.1, -0.05) is 13.8 Å². The van der Waals surface area contributed by atoms with Crippen LogP contribution in [0.3, 0.4) is 0 Å². The zero-order valence-corrected chi connectivity index (χ0v) is 7.94. The van der Waals surface area contributed by atoms with Gasteiger partial charge in [0.05, 0.1) is 0 Å². The average Bonchev–Trinajstić information content (AvgIpc) is 2.02. The molecule has 0 aromatic rings. The van der Waals surface area contributed by atoms with Crippen molar-refractivity contribution in [1.82, 2.24) is 0 Å². The highest BCUT2D eigenvalue weighted by Gasteiger charge is 2.34. The highest BCUT2D eigenvalue weighted by Crippen LogP contribution is 2.38. The molecule has 12 heavy (non-hydrogen) atoms. The quantitative estimate of drug-likeness (QED) is 0.674. The molecule has 1 aliphatic rings. The maximum Gasteiger partial charge on any atom is 0.139 e. The predicted octanol–water partition coefficient (Wildman–Crippen LogP) is 2.57. The van der Waals surface area contributed by atoms with Crippen molar-refractivity contribution in [3.05, 3.63) is 0 Å². The van der Waals surface area contributed by atoms with Gasteiger partial charge in [0, 0.05) is 18.6 Å². The second-order valence-electron chi connectivity index (χ2n) is 3.88. The van der Waals surface area contributed by atoms with Gasteiger partial charge in [0.25, 0.3) is 0 Å². The molecule has 68 valence electrons. The molecular formula is C10H17NO. The summed E-state index contributed by atoms with van der Waals surface area (Å²) < 4.78 is 0. The Hall–Kier alpha value is -0.660. The number of hydrogen-bond acceptors (Lipinski definition) is 2. The fourth-order valence-electron chi connectivity index (χ4n) is 2.05. The topological polar surface area (TPSA) is 40.9 Å². The molecule has 0 aromatic heterocycles. The standard InChI is InChI=1S/C10H17NO/c1-3-10(4-2)6-8(11)5-9(12)7-10/h11H,3-7H2,1-2H3. The van der Waals surface area contributed by atoms with Crippen molar-refractivity contribution in [2.45, 2.75) is 46.0 Å². The van der Waals surface area contributed by atoms with Crippen molar-refractivity contribution in [3.8, 4) is 0 Å². The molecule has 0 aliphatic heterocycles. The third kappa shape index (κ3) is 1.74. The lowest BCUT2D eigenvalue weighted by molar-refractivity contribution is -0.121. The maximum absolute atomic E-state index is 11.3. The molecule has 0 radical (unpaired) electrons. The molecule has 0 unspecified atom stereocenters. The Labute approximate surface area is 73.9 Å². The fraction of sp³-hybridized carbons (Fsp3) is 0.800. The summed E-state index contributed by atoms with van der Waals surface area (Å²) in [5.41, 5.74) is 0.766. The van der Waals surface area contributed by atoms with Crippen molar-refractivity contribution in [2.24, 2.45) is 5.41 Å². The van der Waals surface area contributed by atoms with E-state index in [1.807, 2.05) is 0 Å². The van der Waals surface area contributed by atoms with Crippen molar-refractivity contribution < 1.29 is 4.79 Å². The minimum Gasteiger partial charge on any atom is -0.309 e. The predicted molar refractivity (Wildman–Crippen MR) is 49.6 cm³/mol. The lowest BCUT2D eigenvalue weighted by atomic mass is 9.69. The zero-order valence-electron chi connectivity index (χ0n) is 7.94. The fourth-order valence-corrected chi connectivity index (χ4v) is 2.05. The molecule has 1 fully saturated rings. The van der Waals surface area contributed by atoms with Gasteiger partial charge >= 0.3 is 0 Å². The van der Waals surface area contributed by atoms with E-state index in [4.69, 9.17) is 5.41 Å². The zero-order chi connectivity index (χ0) is 9.19. The van der Waals surface area contributed by atoms with Crippen molar-refractivity contribution in [2.75, 3.05) is 0 Å². The Bertz CT molecular complexity index is 186. The highest BCUT2D eigenvalue weighted by molar-refractivity contribution is 6.03. The van der Waals surface area contributed by atoms with Crippen molar-refractivity contribution >= 4 is 11.5 Å². The molecule has 0 amide bonds. The molecule has 1 N–H and O–H groups in total. The van der Waals surface area contributed by atoms with Crippen LogP contribution in [0, 0.1) is 10.8 Å². The van der Waals surface area contributed by atoms with Crippen LogP contribution >= 0.6 is 0 Å². The second-order valence-corrected chi connectivity index (χ2v) is 3.88. The van der Waals surface area contributed by atoms with Crippen molar-refractivity contribution in [3.63, 3.8) is 0 Å². The molecule has 1 rings (SSSR count). The summed E-state index contributed by atoms with van der Waals surface area (Å²) in [5.74, 6) is 0.259. The summed E-state index contributed by atoms with van der Waals surface area (Å²) in [4.78, 5) is 11.3. The van der Waals surface area contributed by atoms with Crippen LogP contribution in [0.5, 0.6) is 0 Å². The van der Waals surface area contributed by atoms with Crippen LogP contribution < -0.4 is 0 Å². The third-order valence-corrected chi connectivity index (χ3v) is 3.07. The van der Waals surface area contributed by atoms with Gasteiger partial charge in [-0.05, 0) is 24.7 Å². The number of Topliss-reactive ketones (excluding diaryl/α,β-unsaturated/α-hetero) is 1. The first-order chi connectivity index (χ1) is 5.62. The summed E-state index contributed by atoms with van der Waals surface area (Å²) >= 11 is 0. The van der Waals surface area contributed by atoms with Crippen LogP contribution in [0.1, 0.15) is 46.0 Å². The van der Waals surface area contributed by atoms with Crippen LogP contribution in [-0.2, 0) is 4.79 Å². The van der Waals surface area contributed by atoms with E-state index >= 15 is 0 Å². The lowest BCUT2D eigenvalue weighted by Gasteiger charge is -2.34. The first-order valence-corrected chi connectivity index (χ1v) is 4.70. The van der Waals surface area contributed by atoms with E-state index in [1.165, 1.54) is 0 Å². The van der Waals surface area contributed by atoms with Gasteiger partial charge in [0.2, 0.25) is 0 Å². The monoisotopic (exact) mass is 167 g/mol. The van der Waals surface area contributed by atoms with Crippen LogP contribution in [0.25, 0.3) is 0 Å². The minimum atomic E-state index is 0.131. The van der Waals surface area contributed by atoms with E-state index in [9.17, 15) is 4.79 Å². The Morgan fingerprint density at radius 3 is 2.33 bits per heavy atom. The van der Waals surface area contributed by atoms with Gasteiger partial charge in [-0.2, -0.15) is 0 Å². The molecule has 1 aliphatic carbocycles. The van der Waals surface area contributed by atoms with E-state index in [-0.39, 0.29) is 11.2 Å². The van der Waals surface area contributed by atoms with E-state index in [0.29, 0.717) is 18.6 Å². The number of hydrogen-bond donors (Lipinski definition) is 1. The van der Waals surface area contributed by atoms with Gasteiger partial charge in [-0.15, -0.1) is 0 Å². The van der Waals surface area contributed by atoms with Crippen LogP contribution in [0.4, 0.5) is 0 Å². The molecule has 2 heteroatoms. The second kappa shape index (κ2) is 3.38. The molecule has 0 saturated heterocycles. The van der Waals surface area contributed by atoms with Crippen LogP contribution in [-0.4, -0.2) is 11.5 Å². The summed E-state index contributed by atoms with van der Waals surface area (Å²) in [6, 6.07) is 0.